The third-order valence-electron chi connectivity index (χ3n) is 4.72. The van der Waals surface area contributed by atoms with E-state index in [9.17, 15) is 8.42 Å². The Hall–Kier alpha value is -1.50. The lowest BCUT2D eigenvalue weighted by Crippen LogP contribution is -2.31. The van der Waals surface area contributed by atoms with Gasteiger partial charge in [-0.25, -0.2) is 8.42 Å². The summed E-state index contributed by atoms with van der Waals surface area (Å²) in [6, 6.07) is 14.7. The number of anilines is 1. The van der Waals surface area contributed by atoms with Crippen LogP contribution in [-0.4, -0.2) is 38.7 Å². The number of rotatable bonds is 6. The first-order valence-corrected chi connectivity index (χ1v) is 11.4. The quantitative estimate of drug-likeness (QED) is 0.802. The second kappa shape index (κ2) is 8.46. The van der Waals surface area contributed by atoms with E-state index in [2.05, 4.69) is 16.7 Å². The summed E-state index contributed by atoms with van der Waals surface area (Å²) in [7, 11) is -1.38. The molecular weight excluding hydrogens is 364 g/mol. The van der Waals surface area contributed by atoms with Crippen LogP contribution < -0.4 is 4.72 Å². The molecule has 4 nitrogen and oxygen atoms in total. The van der Waals surface area contributed by atoms with Gasteiger partial charge in [0.25, 0.3) is 10.0 Å². The lowest BCUT2D eigenvalue weighted by molar-refractivity contribution is 0.282. The molecule has 0 spiro atoms. The Kier molecular flexibility index (Phi) is 6.27. The van der Waals surface area contributed by atoms with Crippen LogP contribution in [0.3, 0.4) is 0 Å². The zero-order valence-electron chi connectivity index (χ0n) is 15.3. The van der Waals surface area contributed by atoms with E-state index in [0.717, 1.165) is 25.1 Å². The highest BCUT2D eigenvalue weighted by atomic mass is 32.2. The van der Waals surface area contributed by atoms with Crippen molar-refractivity contribution in [1.82, 2.24) is 4.90 Å². The third kappa shape index (κ3) is 5.02. The number of thioether (sulfide) groups is 1. The van der Waals surface area contributed by atoms with E-state index in [-0.39, 0.29) is 0 Å². The van der Waals surface area contributed by atoms with Crippen LogP contribution in [0.25, 0.3) is 0 Å². The zero-order valence-corrected chi connectivity index (χ0v) is 16.9. The third-order valence-corrected chi connectivity index (χ3v) is 7.46. The van der Waals surface area contributed by atoms with E-state index in [0.29, 0.717) is 15.8 Å². The number of nitrogens with one attached hydrogen (secondary N) is 1. The highest BCUT2D eigenvalue weighted by molar-refractivity contribution is 8.00. The van der Waals surface area contributed by atoms with Gasteiger partial charge in [0.1, 0.15) is 0 Å². The number of aryl methyl sites for hydroxylation is 1. The van der Waals surface area contributed by atoms with Crippen LogP contribution in [0.4, 0.5) is 5.69 Å². The van der Waals surface area contributed by atoms with Crippen LogP contribution in [0.1, 0.15) is 25.3 Å². The van der Waals surface area contributed by atoms with Gasteiger partial charge >= 0.3 is 0 Å². The van der Waals surface area contributed by atoms with E-state index in [1.54, 1.807) is 12.1 Å². The summed E-state index contributed by atoms with van der Waals surface area (Å²) in [6.07, 6.45) is 3.29. The summed E-state index contributed by atoms with van der Waals surface area (Å²) in [5.74, 6) is 0. The fourth-order valence-electron chi connectivity index (χ4n) is 3.02. The van der Waals surface area contributed by atoms with Crippen molar-refractivity contribution in [2.24, 2.45) is 0 Å². The highest BCUT2D eigenvalue weighted by Gasteiger charge is 2.18. The smallest absolute Gasteiger partial charge is 0.261 e. The molecule has 1 saturated heterocycles. The van der Waals surface area contributed by atoms with E-state index >= 15 is 0 Å². The van der Waals surface area contributed by atoms with Gasteiger partial charge in [0, 0.05) is 15.8 Å². The molecule has 1 aliphatic rings. The molecule has 3 rings (SSSR count). The Labute approximate surface area is 161 Å². The van der Waals surface area contributed by atoms with Crippen LogP contribution in [0, 0.1) is 0 Å². The number of nitrogens with zero attached hydrogens (tertiary/aromatic N) is 1. The molecule has 0 bridgehead atoms. The summed E-state index contributed by atoms with van der Waals surface area (Å²) >= 11 is 1.89. The Morgan fingerprint density at radius 3 is 2.23 bits per heavy atom. The van der Waals surface area contributed by atoms with Gasteiger partial charge in [-0.3, -0.25) is 4.72 Å². The van der Waals surface area contributed by atoms with Gasteiger partial charge < -0.3 is 4.90 Å². The number of likely N-dealkylation sites (tertiary alicyclic amines) is 1. The molecule has 0 saturated carbocycles. The molecule has 140 valence electrons. The lowest BCUT2D eigenvalue weighted by atomic mass is 10.1. The molecular formula is C20H26N2O2S2. The predicted molar refractivity (Wildman–Crippen MR) is 109 cm³/mol. The van der Waals surface area contributed by atoms with E-state index < -0.39 is 10.0 Å². The van der Waals surface area contributed by atoms with Crippen LogP contribution in [0.15, 0.2) is 58.3 Å². The van der Waals surface area contributed by atoms with Crippen LogP contribution in [-0.2, 0) is 16.4 Å². The molecule has 0 radical (unpaired) electrons. The first kappa shape index (κ1) is 19.3. The van der Waals surface area contributed by atoms with E-state index in [1.165, 1.54) is 17.7 Å². The van der Waals surface area contributed by atoms with Gasteiger partial charge in [-0.2, -0.15) is 0 Å². The van der Waals surface area contributed by atoms with E-state index in [4.69, 9.17) is 0 Å². The first-order valence-electron chi connectivity index (χ1n) is 9.03. The summed E-state index contributed by atoms with van der Waals surface area (Å²) in [6.45, 7) is 4.34. The summed E-state index contributed by atoms with van der Waals surface area (Å²) in [4.78, 5) is 3.84. The largest absolute Gasteiger partial charge is 0.306 e. The highest BCUT2D eigenvalue weighted by Crippen LogP contribution is 2.31. The molecule has 1 aliphatic heterocycles. The van der Waals surface area contributed by atoms with Gasteiger partial charge in [-0.15, -0.1) is 11.8 Å². The lowest BCUT2D eigenvalue weighted by Gasteiger charge is -2.28. The minimum Gasteiger partial charge on any atom is -0.306 e. The maximum atomic E-state index is 12.5. The molecule has 0 aliphatic carbocycles. The fourth-order valence-corrected chi connectivity index (χ4v) is 5.20. The van der Waals surface area contributed by atoms with Gasteiger partial charge in [0.05, 0.1) is 4.90 Å². The average Bonchev–Trinajstić information content (AvgIpc) is 2.65. The van der Waals surface area contributed by atoms with Crippen molar-refractivity contribution in [1.29, 1.82) is 0 Å². The van der Waals surface area contributed by atoms with Crippen molar-refractivity contribution in [2.75, 3.05) is 24.9 Å². The summed E-state index contributed by atoms with van der Waals surface area (Å²) in [5.41, 5.74) is 1.72. The molecule has 2 aromatic carbocycles. The fraction of sp³-hybridized carbons (Fsp3) is 0.400. The summed E-state index contributed by atoms with van der Waals surface area (Å²) in [5, 5.41) is 0.644. The van der Waals surface area contributed by atoms with Crippen molar-refractivity contribution in [3.8, 4) is 0 Å². The standard InChI is InChI=1S/C20H26N2O2S2/c1-3-16-4-10-20(11-5-16)26(23,24)21-17-6-8-18(9-7-17)25-19-12-14-22(2)15-13-19/h4-11,19,21H,3,12-15H2,1-2H3. The molecule has 0 unspecified atom stereocenters. The summed E-state index contributed by atoms with van der Waals surface area (Å²) < 4.78 is 27.7. The number of hydrogen-bond acceptors (Lipinski definition) is 4. The molecule has 6 heteroatoms. The SMILES string of the molecule is CCc1ccc(S(=O)(=O)Nc2ccc(SC3CCN(C)CC3)cc2)cc1. The molecule has 1 N–H and O–H groups in total. The van der Waals surface area contributed by atoms with Gasteiger partial charge in [0.2, 0.25) is 0 Å². The molecule has 1 fully saturated rings. The molecule has 0 amide bonds. The second-order valence-corrected chi connectivity index (χ2v) is 9.80. The van der Waals surface area contributed by atoms with Gasteiger partial charge in [0.15, 0.2) is 0 Å². The predicted octanol–water partition coefficient (Wildman–Crippen LogP) is 4.24. The number of sulfonamides is 1. The Balaban J connectivity index is 1.62. The molecule has 2 aromatic rings. The Bertz CT molecular complexity index is 810. The first-order chi connectivity index (χ1) is 12.5. The van der Waals surface area contributed by atoms with Crippen molar-refractivity contribution in [3.63, 3.8) is 0 Å². The zero-order chi connectivity index (χ0) is 18.6. The average molecular weight is 391 g/mol. The van der Waals surface area contributed by atoms with Crippen molar-refractivity contribution < 1.29 is 8.42 Å². The van der Waals surface area contributed by atoms with Crippen molar-refractivity contribution in [2.45, 2.75) is 41.2 Å². The Morgan fingerprint density at radius 1 is 1.04 bits per heavy atom. The number of piperidine rings is 1. The maximum absolute atomic E-state index is 12.5. The van der Waals surface area contributed by atoms with Crippen molar-refractivity contribution >= 4 is 27.5 Å². The van der Waals surface area contributed by atoms with Crippen molar-refractivity contribution in [3.05, 3.63) is 54.1 Å². The Morgan fingerprint density at radius 2 is 1.65 bits per heavy atom. The number of benzene rings is 2. The van der Waals surface area contributed by atoms with Crippen LogP contribution in [0.2, 0.25) is 0 Å². The normalized spacial score (nSPS) is 16.5. The maximum Gasteiger partial charge on any atom is 0.261 e. The van der Waals surface area contributed by atoms with Gasteiger partial charge in [-0.1, -0.05) is 19.1 Å². The molecule has 0 aromatic heterocycles. The van der Waals surface area contributed by atoms with Crippen LogP contribution in [0.5, 0.6) is 0 Å². The topological polar surface area (TPSA) is 49.4 Å². The minimum absolute atomic E-state index is 0.291. The van der Waals surface area contributed by atoms with E-state index in [1.807, 2.05) is 55.1 Å². The van der Waals surface area contributed by atoms with Gasteiger partial charge in [-0.05, 0) is 81.4 Å². The minimum atomic E-state index is -3.55. The molecule has 26 heavy (non-hydrogen) atoms. The monoisotopic (exact) mass is 390 g/mol. The second-order valence-electron chi connectivity index (χ2n) is 6.75. The van der Waals surface area contributed by atoms with Crippen LogP contribution >= 0.6 is 11.8 Å². The number of hydrogen-bond donors (Lipinski definition) is 1. The molecule has 0 atom stereocenters. The molecule has 1 heterocycles.